The molecule has 0 aliphatic carbocycles. The number of carbonyl (C=O) groups excluding carboxylic acids is 2. The first-order valence-electron chi connectivity index (χ1n) is 7.45. The van der Waals surface area contributed by atoms with Crippen LogP contribution in [0, 0.1) is 5.92 Å². The fraction of sp³-hybridized carbons (Fsp3) is 0.867. The van der Waals surface area contributed by atoms with Crippen molar-refractivity contribution in [2.75, 3.05) is 19.8 Å². The number of hydrogen-bond acceptors (Lipinski definition) is 5. The molecule has 0 aromatic carbocycles. The van der Waals surface area contributed by atoms with Crippen molar-refractivity contribution in [3.63, 3.8) is 0 Å². The van der Waals surface area contributed by atoms with E-state index in [-0.39, 0.29) is 11.7 Å². The maximum absolute atomic E-state index is 12.5. The third-order valence-corrected chi connectivity index (χ3v) is 3.70. The summed E-state index contributed by atoms with van der Waals surface area (Å²) in [5, 5.41) is 2.70. The molecule has 120 valence electrons. The van der Waals surface area contributed by atoms with Crippen LogP contribution in [0.25, 0.3) is 0 Å². The lowest BCUT2D eigenvalue weighted by Crippen LogP contribution is -2.48. The Morgan fingerprint density at radius 2 is 2.10 bits per heavy atom. The number of nitrogens with one attached hydrogen (secondary N) is 1. The summed E-state index contributed by atoms with van der Waals surface area (Å²) < 4.78 is 15.8. The summed E-state index contributed by atoms with van der Waals surface area (Å²) >= 11 is 0. The molecule has 0 aromatic rings. The van der Waals surface area contributed by atoms with E-state index in [2.05, 4.69) is 5.32 Å². The SMILES string of the molecule is CC(C)(C)OC(=O)N[C@@H](C[C@H]1CCOC1)C(=O)[C@@]1(C)CO1. The number of ketones is 1. The molecule has 21 heavy (non-hydrogen) atoms. The zero-order valence-corrected chi connectivity index (χ0v) is 13.2. The number of alkyl carbamates (subject to hydrolysis) is 1. The van der Waals surface area contributed by atoms with Crippen LogP contribution in [0.1, 0.15) is 40.5 Å². The van der Waals surface area contributed by atoms with Gasteiger partial charge in [-0.25, -0.2) is 4.79 Å². The Balaban J connectivity index is 1.97. The van der Waals surface area contributed by atoms with E-state index in [0.29, 0.717) is 26.2 Å². The molecule has 2 fully saturated rings. The van der Waals surface area contributed by atoms with Crippen LogP contribution >= 0.6 is 0 Å². The molecule has 0 radical (unpaired) electrons. The number of hydrogen-bond donors (Lipinski definition) is 1. The molecule has 1 amide bonds. The Labute approximate surface area is 125 Å². The number of amides is 1. The van der Waals surface area contributed by atoms with Crippen molar-refractivity contribution in [2.45, 2.75) is 57.8 Å². The minimum atomic E-state index is -0.751. The largest absolute Gasteiger partial charge is 0.444 e. The van der Waals surface area contributed by atoms with Crippen molar-refractivity contribution in [1.82, 2.24) is 5.32 Å². The Kier molecular flexibility index (Phi) is 4.58. The van der Waals surface area contributed by atoms with Crippen molar-refractivity contribution < 1.29 is 23.8 Å². The molecule has 6 heteroatoms. The molecule has 1 N–H and O–H groups in total. The molecule has 2 heterocycles. The van der Waals surface area contributed by atoms with Crippen LogP contribution < -0.4 is 5.32 Å². The van der Waals surface area contributed by atoms with Gasteiger partial charge in [0, 0.05) is 13.2 Å². The normalized spacial score (nSPS) is 29.8. The maximum Gasteiger partial charge on any atom is 0.408 e. The lowest BCUT2D eigenvalue weighted by Gasteiger charge is -2.25. The van der Waals surface area contributed by atoms with Crippen LogP contribution in [0.4, 0.5) is 4.79 Å². The molecule has 2 rings (SSSR count). The average molecular weight is 299 g/mol. The quantitative estimate of drug-likeness (QED) is 0.781. The molecule has 2 aliphatic heterocycles. The lowest BCUT2D eigenvalue weighted by atomic mass is 9.91. The van der Waals surface area contributed by atoms with Crippen LogP contribution in [0.2, 0.25) is 0 Å². The summed E-state index contributed by atoms with van der Waals surface area (Å²) in [4.78, 5) is 24.4. The van der Waals surface area contributed by atoms with E-state index in [1.165, 1.54) is 0 Å². The molecule has 0 saturated carbocycles. The molecule has 2 aliphatic rings. The van der Waals surface area contributed by atoms with E-state index >= 15 is 0 Å². The van der Waals surface area contributed by atoms with Gasteiger partial charge in [-0.2, -0.15) is 0 Å². The minimum Gasteiger partial charge on any atom is -0.444 e. The highest BCUT2D eigenvalue weighted by Crippen LogP contribution is 2.30. The van der Waals surface area contributed by atoms with Gasteiger partial charge in [0.2, 0.25) is 0 Å². The summed E-state index contributed by atoms with van der Waals surface area (Å²) in [7, 11) is 0. The molecular formula is C15H25NO5. The topological polar surface area (TPSA) is 77.2 Å². The number of carbonyl (C=O) groups is 2. The highest BCUT2D eigenvalue weighted by atomic mass is 16.6. The Bertz CT molecular complexity index is 405. The van der Waals surface area contributed by atoms with Crippen LogP contribution in [0.3, 0.4) is 0 Å². The monoisotopic (exact) mass is 299 g/mol. The highest BCUT2D eigenvalue weighted by molar-refractivity contribution is 5.95. The molecule has 2 saturated heterocycles. The Morgan fingerprint density at radius 3 is 2.57 bits per heavy atom. The molecule has 0 unspecified atom stereocenters. The van der Waals surface area contributed by atoms with E-state index in [0.717, 1.165) is 6.42 Å². The molecular weight excluding hydrogens is 274 g/mol. The van der Waals surface area contributed by atoms with E-state index in [1.807, 2.05) is 0 Å². The second kappa shape index (κ2) is 5.93. The Morgan fingerprint density at radius 1 is 1.43 bits per heavy atom. The fourth-order valence-electron chi connectivity index (χ4n) is 2.40. The third kappa shape index (κ3) is 4.68. The summed E-state index contributed by atoms with van der Waals surface area (Å²) in [5.74, 6) is 0.205. The van der Waals surface area contributed by atoms with Gasteiger partial charge >= 0.3 is 6.09 Å². The number of rotatable bonds is 5. The zero-order valence-electron chi connectivity index (χ0n) is 13.2. The first kappa shape index (κ1) is 16.2. The van der Waals surface area contributed by atoms with E-state index in [9.17, 15) is 9.59 Å². The van der Waals surface area contributed by atoms with Crippen molar-refractivity contribution in [3.8, 4) is 0 Å². The third-order valence-electron chi connectivity index (χ3n) is 3.70. The van der Waals surface area contributed by atoms with Crippen LogP contribution in [-0.2, 0) is 19.0 Å². The molecule has 0 aromatic heterocycles. The lowest BCUT2D eigenvalue weighted by molar-refractivity contribution is -0.126. The summed E-state index contributed by atoms with van der Waals surface area (Å²) in [6, 6.07) is -0.584. The van der Waals surface area contributed by atoms with E-state index in [1.54, 1.807) is 27.7 Å². The zero-order chi connectivity index (χ0) is 15.7. The van der Waals surface area contributed by atoms with Gasteiger partial charge in [0.15, 0.2) is 5.78 Å². The second-order valence-corrected chi connectivity index (χ2v) is 7.05. The van der Waals surface area contributed by atoms with Crippen LogP contribution in [0.15, 0.2) is 0 Å². The van der Waals surface area contributed by atoms with Crippen molar-refractivity contribution in [2.24, 2.45) is 5.92 Å². The second-order valence-electron chi connectivity index (χ2n) is 7.05. The van der Waals surface area contributed by atoms with E-state index < -0.39 is 23.3 Å². The maximum atomic E-state index is 12.5. The summed E-state index contributed by atoms with van der Waals surface area (Å²) in [5.41, 5.74) is -1.34. The van der Waals surface area contributed by atoms with Gasteiger partial charge in [0.1, 0.15) is 11.2 Å². The van der Waals surface area contributed by atoms with Crippen LogP contribution in [-0.4, -0.2) is 48.9 Å². The van der Waals surface area contributed by atoms with Gasteiger partial charge < -0.3 is 19.5 Å². The highest BCUT2D eigenvalue weighted by Gasteiger charge is 2.50. The predicted molar refractivity (Wildman–Crippen MR) is 76.1 cm³/mol. The van der Waals surface area contributed by atoms with Crippen molar-refractivity contribution in [3.05, 3.63) is 0 Å². The number of epoxide rings is 1. The molecule has 0 spiro atoms. The number of Topliss-reactive ketones (excluding diaryl/α,β-unsaturated/α-hetero) is 1. The molecule has 0 bridgehead atoms. The standard InChI is InChI=1S/C15H25NO5/c1-14(2,3)21-13(18)16-11(7-10-5-6-19-8-10)12(17)15(4)9-20-15/h10-11H,5-9H2,1-4H3,(H,16,18)/t10-,11+,15-/m1/s1. The number of ether oxygens (including phenoxy) is 3. The summed E-state index contributed by atoms with van der Waals surface area (Å²) in [6.45, 7) is 8.89. The smallest absolute Gasteiger partial charge is 0.408 e. The van der Waals surface area contributed by atoms with Crippen molar-refractivity contribution >= 4 is 11.9 Å². The molecule has 6 nitrogen and oxygen atoms in total. The average Bonchev–Trinajstić information content (AvgIpc) is 2.88. The fourth-order valence-corrected chi connectivity index (χ4v) is 2.40. The summed E-state index contributed by atoms with van der Waals surface area (Å²) in [6.07, 6.45) is 0.915. The van der Waals surface area contributed by atoms with Crippen molar-refractivity contribution in [1.29, 1.82) is 0 Å². The minimum absolute atomic E-state index is 0.0831. The first-order chi connectivity index (χ1) is 9.70. The van der Waals surface area contributed by atoms with Crippen LogP contribution in [0.5, 0.6) is 0 Å². The Hall–Kier alpha value is -1.14. The van der Waals surface area contributed by atoms with Gasteiger partial charge in [-0.3, -0.25) is 4.79 Å². The predicted octanol–water partition coefficient (Wildman–Crippen LogP) is 1.66. The van der Waals surface area contributed by atoms with Gasteiger partial charge in [0.25, 0.3) is 0 Å². The van der Waals surface area contributed by atoms with Gasteiger partial charge in [-0.1, -0.05) is 0 Å². The van der Waals surface area contributed by atoms with Gasteiger partial charge in [-0.15, -0.1) is 0 Å². The van der Waals surface area contributed by atoms with E-state index in [4.69, 9.17) is 14.2 Å². The first-order valence-corrected chi connectivity index (χ1v) is 7.45. The van der Waals surface area contributed by atoms with Gasteiger partial charge in [-0.05, 0) is 46.5 Å². The molecule has 3 atom stereocenters. The van der Waals surface area contributed by atoms with Gasteiger partial charge in [0.05, 0.1) is 12.6 Å².